The van der Waals surface area contributed by atoms with Crippen LogP contribution in [-0.2, 0) is 14.6 Å². The molecule has 26 heavy (non-hydrogen) atoms. The number of carbonyl (C=O) groups is 1. The van der Waals surface area contributed by atoms with Crippen LogP contribution in [0.3, 0.4) is 0 Å². The van der Waals surface area contributed by atoms with Crippen molar-refractivity contribution in [2.75, 3.05) is 6.26 Å². The van der Waals surface area contributed by atoms with Gasteiger partial charge in [-0.2, -0.15) is 0 Å². The van der Waals surface area contributed by atoms with Gasteiger partial charge in [-0.3, -0.25) is 0 Å². The number of halogens is 2. The number of nitrogens with zero attached hydrogens (tertiary/aromatic N) is 1. The molecule has 1 heterocycles. The second-order valence-electron chi connectivity index (χ2n) is 5.74. The lowest BCUT2D eigenvalue weighted by Crippen LogP contribution is -2.12. The van der Waals surface area contributed by atoms with Crippen LogP contribution in [0.2, 0.25) is 10.0 Å². The fourth-order valence-corrected chi connectivity index (χ4v) is 3.38. The number of hydrogen-bond acceptors (Lipinski definition) is 5. The normalized spacial score (nSPS) is 12.9. The molecule has 1 atom stereocenters. The average Bonchev–Trinajstić information content (AvgIpc) is 2.97. The van der Waals surface area contributed by atoms with Crippen molar-refractivity contribution in [2.45, 2.75) is 17.9 Å². The van der Waals surface area contributed by atoms with Gasteiger partial charge in [0.15, 0.2) is 15.9 Å². The number of hydrogen-bond donors (Lipinski definition) is 1. The van der Waals surface area contributed by atoms with Gasteiger partial charge in [0.2, 0.25) is 0 Å². The molecule has 0 amide bonds. The summed E-state index contributed by atoms with van der Waals surface area (Å²) in [4.78, 5) is 19.8. The molecule has 2 aromatic carbocycles. The zero-order chi connectivity index (χ0) is 19.1. The minimum Gasteiger partial charge on any atom is -0.451 e. The first-order valence-corrected chi connectivity index (χ1v) is 10.2. The minimum absolute atomic E-state index is 0.0140. The summed E-state index contributed by atoms with van der Waals surface area (Å²) in [6.07, 6.45) is 0.347. The number of nitrogens with one attached hydrogen (secondary N) is 1. The zero-order valence-corrected chi connectivity index (χ0v) is 16.1. The van der Waals surface area contributed by atoms with Crippen molar-refractivity contribution in [3.8, 4) is 0 Å². The van der Waals surface area contributed by atoms with Gasteiger partial charge in [0, 0.05) is 11.3 Å². The second kappa shape index (κ2) is 6.90. The Morgan fingerprint density at radius 2 is 1.92 bits per heavy atom. The molecule has 1 N–H and O–H groups in total. The highest BCUT2D eigenvalue weighted by atomic mass is 35.5. The molecular weight excluding hydrogens is 399 g/mol. The third-order valence-electron chi connectivity index (χ3n) is 3.72. The highest BCUT2D eigenvalue weighted by Crippen LogP contribution is 2.25. The van der Waals surface area contributed by atoms with Crippen molar-refractivity contribution in [3.63, 3.8) is 0 Å². The smallest absolute Gasteiger partial charge is 0.340 e. The number of ether oxygens (including phenoxy) is 1. The van der Waals surface area contributed by atoms with Gasteiger partial charge in [0.1, 0.15) is 5.82 Å². The van der Waals surface area contributed by atoms with E-state index in [1.807, 2.05) is 0 Å². The van der Waals surface area contributed by atoms with Gasteiger partial charge in [-0.1, -0.05) is 23.2 Å². The SMILES string of the molecule is CC(OC(=O)c1cc(S(C)(=O)=O)ccc1Cl)c1nc2ccc(Cl)cc2[nH]1. The van der Waals surface area contributed by atoms with E-state index in [2.05, 4.69) is 9.97 Å². The largest absolute Gasteiger partial charge is 0.451 e. The van der Waals surface area contributed by atoms with Crippen LogP contribution < -0.4 is 0 Å². The second-order valence-corrected chi connectivity index (χ2v) is 8.60. The number of H-pyrrole nitrogens is 1. The van der Waals surface area contributed by atoms with E-state index in [9.17, 15) is 13.2 Å². The standard InChI is InChI=1S/C17H14Cl2N2O4S/c1-9(16-20-14-6-3-10(18)7-15(14)21-16)25-17(22)12-8-11(26(2,23)24)4-5-13(12)19/h3-9H,1-2H3,(H,20,21). The molecule has 0 bridgehead atoms. The summed E-state index contributed by atoms with van der Waals surface area (Å²) in [5.74, 6) is -0.308. The van der Waals surface area contributed by atoms with E-state index in [1.165, 1.54) is 18.2 Å². The lowest BCUT2D eigenvalue weighted by molar-refractivity contribution is 0.0322. The number of imidazole rings is 1. The summed E-state index contributed by atoms with van der Waals surface area (Å²) in [6, 6.07) is 9.06. The van der Waals surface area contributed by atoms with E-state index >= 15 is 0 Å². The molecule has 1 aromatic heterocycles. The predicted octanol–water partition coefficient (Wildman–Crippen LogP) is 4.19. The molecule has 0 fully saturated rings. The van der Waals surface area contributed by atoms with E-state index in [0.717, 1.165) is 6.26 Å². The Bertz CT molecular complexity index is 1110. The lowest BCUT2D eigenvalue weighted by atomic mass is 10.2. The van der Waals surface area contributed by atoms with E-state index in [1.54, 1.807) is 25.1 Å². The molecule has 0 radical (unpaired) electrons. The molecule has 0 spiro atoms. The monoisotopic (exact) mass is 412 g/mol. The lowest BCUT2D eigenvalue weighted by Gasteiger charge is -2.12. The van der Waals surface area contributed by atoms with E-state index in [-0.39, 0.29) is 15.5 Å². The Morgan fingerprint density at radius 1 is 1.19 bits per heavy atom. The molecule has 0 aliphatic carbocycles. The highest BCUT2D eigenvalue weighted by molar-refractivity contribution is 7.90. The predicted molar refractivity (Wildman–Crippen MR) is 99.5 cm³/mol. The number of esters is 1. The molecular formula is C17H14Cl2N2O4S. The van der Waals surface area contributed by atoms with Gasteiger partial charge < -0.3 is 9.72 Å². The maximum absolute atomic E-state index is 12.4. The van der Waals surface area contributed by atoms with Crippen LogP contribution in [0.5, 0.6) is 0 Å². The zero-order valence-electron chi connectivity index (χ0n) is 13.8. The van der Waals surface area contributed by atoms with E-state index in [4.69, 9.17) is 27.9 Å². The van der Waals surface area contributed by atoms with Gasteiger partial charge in [-0.15, -0.1) is 0 Å². The molecule has 6 nitrogen and oxygen atoms in total. The maximum atomic E-state index is 12.4. The topological polar surface area (TPSA) is 89.1 Å². The molecule has 136 valence electrons. The number of aromatic nitrogens is 2. The van der Waals surface area contributed by atoms with Gasteiger partial charge in [-0.25, -0.2) is 18.2 Å². The number of aromatic amines is 1. The molecule has 0 saturated carbocycles. The third-order valence-corrected chi connectivity index (χ3v) is 5.39. The Morgan fingerprint density at radius 3 is 2.62 bits per heavy atom. The van der Waals surface area contributed by atoms with E-state index in [0.29, 0.717) is 21.9 Å². The minimum atomic E-state index is -3.48. The number of carbonyl (C=O) groups excluding carboxylic acids is 1. The molecule has 0 aliphatic rings. The molecule has 0 saturated heterocycles. The number of rotatable bonds is 4. The summed E-state index contributed by atoms with van der Waals surface area (Å²) in [5, 5.41) is 0.660. The number of sulfone groups is 1. The summed E-state index contributed by atoms with van der Waals surface area (Å²) in [6.45, 7) is 1.64. The number of benzene rings is 2. The quantitative estimate of drug-likeness (QED) is 0.648. The van der Waals surface area contributed by atoms with Crippen molar-refractivity contribution in [3.05, 3.63) is 57.8 Å². The summed E-state index contributed by atoms with van der Waals surface area (Å²) in [7, 11) is -3.48. The third kappa shape index (κ3) is 3.85. The van der Waals surface area contributed by atoms with Gasteiger partial charge >= 0.3 is 5.97 Å². The van der Waals surface area contributed by atoms with Gasteiger partial charge in [-0.05, 0) is 43.3 Å². The summed E-state index contributed by atoms with van der Waals surface area (Å²) in [5.41, 5.74) is 1.37. The first-order chi connectivity index (χ1) is 12.1. The van der Waals surface area contributed by atoms with Crippen LogP contribution in [-0.4, -0.2) is 30.6 Å². The molecule has 9 heteroatoms. The fourth-order valence-electron chi connectivity index (χ4n) is 2.37. The Kier molecular flexibility index (Phi) is 4.96. The van der Waals surface area contributed by atoms with Crippen LogP contribution in [0.4, 0.5) is 0 Å². The van der Waals surface area contributed by atoms with Gasteiger partial charge in [0.05, 0.1) is 26.5 Å². The van der Waals surface area contributed by atoms with Crippen molar-refractivity contribution in [1.29, 1.82) is 0 Å². The fraction of sp³-hybridized carbons (Fsp3) is 0.176. The molecule has 0 aliphatic heterocycles. The maximum Gasteiger partial charge on any atom is 0.340 e. The van der Waals surface area contributed by atoms with Crippen LogP contribution in [0.25, 0.3) is 11.0 Å². The van der Waals surface area contributed by atoms with Crippen LogP contribution >= 0.6 is 23.2 Å². The van der Waals surface area contributed by atoms with Crippen LogP contribution in [0, 0.1) is 0 Å². The number of fused-ring (bicyclic) bond motifs is 1. The van der Waals surface area contributed by atoms with Crippen LogP contribution in [0.1, 0.15) is 29.2 Å². The molecule has 1 unspecified atom stereocenters. The first kappa shape index (κ1) is 18.7. The van der Waals surface area contributed by atoms with Crippen LogP contribution in [0.15, 0.2) is 41.3 Å². The molecule has 3 rings (SSSR count). The van der Waals surface area contributed by atoms with Crippen molar-refractivity contribution in [2.24, 2.45) is 0 Å². The van der Waals surface area contributed by atoms with Crippen molar-refractivity contribution in [1.82, 2.24) is 9.97 Å². The van der Waals surface area contributed by atoms with Crippen molar-refractivity contribution >= 4 is 50.0 Å². The van der Waals surface area contributed by atoms with Gasteiger partial charge in [0.25, 0.3) is 0 Å². The summed E-state index contributed by atoms with van der Waals surface area (Å²) < 4.78 is 28.7. The first-order valence-electron chi connectivity index (χ1n) is 7.51. The molecule has 3 aromatic rings. The van der Waals surface area contributed by atoms with Crippen molar-refractivity contribution < 1.29 is 17.9 Å². The average molecular weight is 413 g/mol. The Balaban J connectivity index is 1.87. The Hall–Kier alpha value is -2.09. The van der Waals surface area contributed by atoms with E-state index < -0.39 is 21.9 Å². The highest BCUT2D eigenvalue weighted by Gasteiger charge is 2.21. The summed E-state index contributed by atoms with van der Waals surface area (Å²) >= 11 is 12.0. The Labute approximate surface area is 160 Å².